The van der Waals surface area contributed by atoms with Crippen molar-refractivity contribution in [2.45, 2.75) is 31.7 Å². The summed E-state index contributed by atoms with van der Waals surface area (Å²) in [5.41, 5.74) is -0.360. The normalized spacial score (nSPS) is 15.3. The van der Waals surface area contributed by atoms with Crippen LogP contribution < -0.4 is 11.2 Å². The lowest BCUT2D eigenvalue weighted by Gasteiger charge is -2.24. The number of carbonyl (C=O) groups excluding carboxylic acids is 1. The van der Waals surface area contributed by atoms with Crippen molar-refractivity contribution in [2.75, 3.05) is 7.05 Å². The lowest BCUT2D eigenvalue weighted by Crippen LogP contribution is -2.38. The van der Waals surface area contributed by atoms with E-state index < -0.39 is 11.2 Å². The fourth-order valence-electron chi connectivity index (χ4n) is 3.21. The zero-order chi connectivity index (χ0) is 16.7. The molecule has 0 N–H and O–H groups in total. The van der Waals surface area contributed by atoms with Crippen LogP contribution in [0.15, 0.2) is 21.7 Å². The fraction of sp³-hybridized carbons (Fsp3) is 0.500. The molecular formula is C16H20N4O3. The Balaban J connectivity index is 2.08. The van der Waals surface area contributed by atoms with E-state index in [1.807, 2.05) is 0 Å². The van der Waals surface area contributed by atoms with Crippen molar-refractivity contribution in [1.29, 1.82) is 0 Å². The number of fused-ring (bicyclic) bond motifs is 1. The molecule has 0 saturated heterocycles. The smallest absolute Gasteiger partial charge is 0.332 e. The van der Waals surface area contributed by atoms with E-state index in [-0.39, 0.29) is 23.3 Å². The quantitative estimate of drug-likeness (QED) is 0.815. The lowest BCUT2D eigenvalue weighted by molar-refractivity contribution is 0.0729. The number of amides is 1. The van der Waals surface area contributed by atoms with Crippen LogP contribution in [-0.2, 0) is 14.1 Å². The van der Waals surface area contributed by atoms with Gasteiger partial charge in [0.1, 0.15) is 11.3 Å². The van der Waals surface area contributed by atoms with Crippen LogP contribution in [0.2, 0.25) is 0 Å². The van der Waals surface area contributed by atoms with E-state index in [9.17, 15) is 14.4 Å². The second-order valence-electron chi connectivity index (χ2n) is 6.13. The maximum Gasteiger partial charge on any atom is 0.332 e. The third kappa shape index (κ3) is 2.46. The molecule has 7 heteroatoms. The average molecular weight is 316 g/mol. The molecule has 1 amide bonds. The van der Waals surface area contributed by atoms with Gasteiger partial charge < -0.3 is 4.90 Å². The molecule has 0 aliphatic heterocycles. The minimum absolute atomic E-state index is 0.174. The monoisotopic (exact) mass is 316 g/mol. The first-order valence-electron chi connectivity index (χ1n) is 7.75. The molecule has 3 rings (SSSR count). The van der Waals surface area contributed by atoms with Crippen LogP contribution >= 0.6 is 0 Å². The first kappa shape index (κ1) is 15.5. The Bertz CT molecular complexity index is 891. The van der Waals surface area contributed by atoms with Crippen molar-refractivity contribution in [3.8, 4) is 0 Å². The second kappa shape index (κ2) is 5.64. The third-order valence-electron chi connectivity index (χ3n) is 4.71. The summed E-state index contributed by atoms with van der Waals surface area (Å²) in [5.74, 6) is -0.174. The second-order valence-corrected chi connectivity index (χ2v) is 6.13. The summed E-state index contributed by atoms with van der Waals surface area (Å²) in [6, 6.07) is 3.37. The fourth-order valence-corrected chi connectivity index (χ4v) is 3.21. The van der Waals surface area contributed by atoms with E-state index in [2.05, 4.69) is 4.98 Å². The maximum atomic E-state index is 12.6. The number of rotatable bonds is 2. The Kier molecular flexibility index (Phi) is 3.79. The zero-order valence-corrected chi connectivity index (χ0v) is 13.6. The van der Waals surface area contributed by atoms with Crippen molar-refractivity contribution in [2.24, 2.45) is 14.1 Å². The highest BCUT2D eigenvalue weighted by molar-refractivity contribution is 5.94. The number of hydrogen-bond donors (Lipinski definition) is 0. The highest BCUT2D eigenvalue weighted by Gasteiger charge is 2.25. The molecule has 0 aromatic carbocycles. The Labute approximate surface area is 133 Å². The summed E-state index contributed by atoms with van der Waals surface area (Å²) in [5, 5.41) is 0.328. The molecule has 1 saturated carbocycles. The molecule has 1 fully saturated rings. The van der Waals surface area contributed by atoms with Gasteiger partial charge in [0.05, 0.1) is 5.39 Å². The lowest BCUT2D eigenvalue weighted by atomic mass is 10.2. The zero-order valence-electron chi connectivity index (χ0n) is 13.6. The number of aromatic nitrogens is 3. The van der Waals surface area contributed by atoms with Crippen LogP contribution in [0.5, 0.6) is 0 Å². The minimum atomic E-state index is -0.455. The number of nitrogens with zero attached hydrogens (tertiary/aromatic N) is 4. The molecule has 1 aliphatic rings. The van der Waals surface area contributed by atoms with E-state index >= 15 is 0 Å². The molecule has 2 aromatic heterocycles. The minimum Gasteiger partial charge on any atom is -0.337 e. The van der Waals surface area contributed by atoms with E-state index in [0.29, 0.717) is 5.39 Å². The summed E-state index contributed by atoms with van der Waals surface area (Å²) in [4.78, 5) is 42.8. The van der Waals surface area contributed by atoms with Crippen LogP contribution in [0.3, 0.4) is 0 Å². The molecule has 0 radical (unpaired) electrons. The van der Waals surface area contributed by atoms with Crippen molar-refractivity contribution in [3.63, 3.8) is 0 Å². The van der Waals surface area contributed by atoms with Gasteiger partial charge in [0.2, 0.25) is 0 Å². The molecule has 0 bridgehead atoms. The van der Waals surface area contributed by atoms with Crippen LogP contribution in [0, 0.1) is 0 Å². The number of pyridine rings is 1. The van der Waals surface area contributed by atoms with Gasteiger partial charge in [-0.05, 0) is 25.0 Å². The molecule has 0 unspecified atom stereocenters. The van der Waals surface area contributed by atoms with Gasteiger partial charge in [-0.2, -0.15) is 0 Å². The molecule has 122 valence electrons. The van der Waals surface area contributed by atoms with Gasteiger partial charge in [0, 0.05) is 27.2 Å². The number of aryl methyl sites for hydroxylation is 1. The van der Waals surface area contributed by atoms with Crippen molar-refractivity contribution >= 4 is 16.9 Å². The van der Waals surface area contributed by atoms with Crippen LogP contribution in [0.4, 0.5) is 0 Å². The molecule has 2 aromatic rings. The highest BCUT2D eigenvalue weighted by Crippen LogP contribution is 2.23. The van der Waals surface area contributed by atoms with E-state index in [4.69, 9.17) is 0 Å². The number of hydrogen-bond acceptors (Lipinski definition) is 4. The van der Waals surface area contributed by atoms with Crippen molar-refractivity contribution in [1.82, 2.24) is 19.0 Å². The van der Waals surface area contributed by atoms with Crippen LogP contribution in [0.1, 0.15) is 36.2 Å². The van der Waals surface area contributed by atoms with Gasteiger partial charge in [-0.15, -0.1) is 0 Å². The molecule has 1 aliphatic carbocycles. The van der Waals surface area contributed by atoms with Crippen LogP contribution in [0.25, 0.3) is 11.0 Å². The van der Waals surface area contributed by atoms with E-state index in [1.54, 1.807) is 31.1 Å². The average Bonchev–Trinajstić information content (AvgIpc) is 3.10. The third-order valence-corrected chi connectivity index (χ3v) is 4.71. The van der Waals surface area contributed by atoms with Crippen molar-refractivity contribution in [3.05, 3.63) is 38.7 Å². The molecule has 2 heterocycles. The van der Waals surface area contributed by atoms with Gasteiger partial charge >= 0.3 is 5.69 Å². The Hall–Kier alpha value is -2.44. The topological polar surface area (TPSA) is 77.2 Å². The highest BCUT2D eigenvalue weighted by atomic mass is 16.2. The molecule has 0 spiro atoms. The van der Waals surface area contributed by atoms with Gasteiger partial charge in [-0.1, -0.05) is 12.8 Å². The molecule has 0 atom stereocenters. The van der Waals surface area contributed by atoms with E-state index in [0.717, 1.165) is 30.3 Å². The van der Waals surface area contributed by atoms with Crippen molar-refractivity contribution < 1.29 is 4.79 Å². The number of carbonyl (C=O) groups is 1. The molecule has 7 nitrogen and oxygen atoms in total. The van der Waals surface area contributed by atoms with Gasteiger partial charge in [-0.3, -0.25) is 18.7 Å². The Morgan fingerprint density at radius 3 is 2.48 bits per heavy atom. The van der Waals surface area contributed by atoms with E-state index in [1.165, 1.54) is 11.6 Å². The van der Waals surface area contributed by atoms with Gasteiger partial charge in [0.25, 0.3) is 11.5 Å². The van der Waals surface area contributed by atoms with Gasteiger partial charge in [-0.25, -0.2) is 9.78 Å². The summed E-state index contributed by atoms with van der Waals surface area (Å²) < 4.78 is 2.33. The SMILES string of the molecule is CN(C(=O)c1ccc2c(=O)n(C)c(=O)n(C)c2n1)C1CCCC1. The van der Waals surface area contributed by atoms with Crippen LogP contribution in [-0.4, -0.2) is 38.0 Å². The largest absolute Gasteiger partial charge is 0.337 e. The standard InChI is InChI=1S/C16H20N4O3/c1-18(10-6-4-5-7-10)15(22)12-9-8-11-13(17-12)19(2)16(23)20(3)14(11)21/h8-10H,4-7H2,1-3H3. The Morgan fingerprint density at radius 1 is 1.17 bits per heavy atom. The summed E-state index contributed by atoms with van der Waals surface area (Å²) in [7, 11) is 4.76. The molecule has 23 heavy (non-hydrogen) atoms. The predicted molar refractivity (Wildman–Crippen MR) is 86.6 cm³/mol. The molecular weight excluding hydrogens is 296 g/mol. The summed E-state index contributed by atoms with van der Waals surface area (Å²) in [6.07, 6.45) is 4.29. The van der Waals surface area contributed by atoms with Gasteiger partial charge in [0.15, 0.2) is 0 Å². The summed E-state index contributed by atoms with van der Waals surface area (Å²) in [6.45, 7) is 0. The first-order valence-corrected chi connectivity index (χ1v) is 7.75. The predicted octanol–water partition coefficient (Wildman–Crippen LogP) is 0.647. The maximum absolute atomic E-state index is 12.6. The Morgan fingerprint density at radius 2 is 1.83 bits per heavy atom. The summed E-state index contributed by atoms with van der Waals surface area (Å²) >= 11 is 0. The first-order chi connectivity index (χ1) is 10.9.